The summed E-state index contributed by atoms with van der Waals surface area (Å²) in [6.45, 7) is 16.3. The number of ether oxygens (including phenoxy) is 8. The van der Waals surface area contributed by atoms with E-state index >= 15 is 0 Å². The maximum atomic E-state index is 12.8. The molecule has 15 aromatic rings. The van der Waals surface area contributed by atoms with Gasteiger partial charge in [0.05, 0.1) is 92.4 Å². The van der Waals surface area contributed by atoms with E-state index in [0.29, 0.717) is 73.0 Å². The molecule has 3 aliphatic heterocycles. The van der Waals surface area contributed by atoms with E-state index in [2.05, 4.69) is 101 Å². The third kappa shape index (κ3) is 21.1. The van der Waals surface area contributed by atoms with Gasteiger partial charge in [0.25, 0.3) is 0 Å². The summed E-state index contributed by atoms with van der Waals surface area (Å²) >= 11 is 9.39. The fourth-order valence-corrected chi connectivity index (χ4v) is 22.2. The van der Waals surface area contributed by atoms with Crippen molar-refractivity contribution >= 4 is 160 Å². The van der Waals surface area contributed by atoms with Gasteiger partial charge in [-0.15, -0.1) is 56.7 Å². The molecule has 126 heavy (non-hydrogen) atoms. The van der Waals surface area contributed by atoms with Crippen LogP contribution < -0.4 is 23.7 Å². The number of aliphatic carboxylic acids is 1. The maximum absolute atomic E-state index is 12.8. The molecule has 3 aliphatic rings. The molecule has 27 nitrogen and oxygen atoms in total. The lowest BCUT2D eigenvalue weighted by Gasteiger charge is -2.33. The summed E-state index contributed by atoms with van der Waals surface area (Å²) in [5.74, 6) is 4.27. The number of ketones is 5. The Kier molecular flexibility index (Phi) is 29.7. The largest absolute Gasteiger partial charge is 0.481 e. The Morgan fingerprint density at radius 3 is 1.03 bits per heavy atom. The zero-order valence-corrected chi connectivity index (χ0v) is 76.8. The van der Waals surface area contributed by atoms with Crippen LogP contribution in [0.5, 0.6) is 29.4 Å². The highest BCUT2D eigenvalue weighted by Gasteiger charge is 2.28. The lowest BCUT2D eigenvalue weighted by molar-refractivity contribution is -0.141. The Labute approximate surface area is 751 Å². The SMILES string of the molecule is COC(=O)Cn1c(C)cc2cc(C(=O)c3ccc(OC)nc3)sc21.COc1ccc(C(=O)c2cc3cc(C)n(CC(=O)O)c3s2)cn1.COc1ccc(C(=O)c2cc3cc(C)n(CC4CCCCO4)c3s2)cn1.COc1ccc(C(=O)c2cc3cc(C)n(CC4CCSCC4)c3s2)cn1.COc1ccc(C(=O)c2cc3cc(C)n(C[C@@H]4COCCN4C)c3s2)cn1. The highest BCUT2D eigenvalue weighted by atomic mass is 32.2. The fraction of sp³-hybridized carbons (Fsp3) is 0.333. The molecule has 2 atom stereocenters. The molecule has 0 bridgehead atoms. The number of thiophene rings is 5. The van der Waals surface area contributed by atoms with Gasteiger partial charge in [0.15, 0.2) is 0 Å². The number of carbonyl (C=O) groups is 7. The van der Waals surface area contributed by atoms with Gasteiger partial charge in [0.1, 0.15) is 37.2 Å². The summed E-state index contributed by atoms with van der Waals surface area (Å²) in [4.78, 5) is 118. The summed E-state index contributed by atoms with van der Waals surface area (Å²) < 4.78 is 52.0. The van der Waals surface area contributed by atoms with Crippen molar-refractivity contribution in [3.63, 3.8) is 0 Å². The van der Waals surface area contributed by atoms with E-state index in [-0.39, 0.29) is 54.1 Å². The first kappa shape index (κ1) is 90.7. The average molecular weight is 1820 g/mol. The Hall–Kier alpha value is -11.5. The quantitative estimate of drug-likeness (QED) is 0.0410. The summed E-state index contributed by atoms with van der Waals surface area (Å²) in [5, 5.41) is 14.2. The van der Waals surface area contributed by atoms with Crippen LogP contribution >= 0.6 is 68.4 Å². The molecule has 3 saturated heterocycles. The second-order valence-electron chi connectivity index (χ2n) is 30.6. The predicted octanol–water partition coefficient (Wildman–Crippen LogP) is 17.5. The number of rotatable bonds is 25. The van der Waals surface area contributed by atoms with Crippen LogP contribution in [0.3, 0.4) is 0 Å². The number of morpholine rings is 1. The first-order chi connectivity index (χ1) is 60.9. The minimum absolute atomic E-state index is 0.000488. The fourth-order valence-electron chi connectivity index (χ4n) is 15.2. The second-order valence-corrected chi connectivity index (χ2v) is 37.0. The standard InChI is InChI=1S/C20H23N3O3S.C20H22N2O3S.C20H22N2O2S2.C17H16N2O4S.C16H14N2O4S/c1-13-8-15-9-17(19(24)14-4-5-18(25-3)21-10-14)27-20(15)23(13)11-16-12-26-7-6-22(16)2;1-13-9-15-10-17(19(23)14-6-7-18(24-2)21-11-14)26-20(15)22(13)12-16-5-3-4-8-25-16;1-13-9-16-10-17(19(23)15-3-4-18(24-2)21-11-15)26-20(16)22(13)12-14-5-7-25-8-6-14;1-10-6-12-7-13(24-17(12)19(10)9-15(20)23-3)16(21)11-4-5-14(22-2)18-8-11;1-9-5-11-6-12(23-16(11)18(9)8-14(19)20)15(21)10-3-4-13(22-2)17-7-10/h4-5,8-10,16H,6-7,11-12H2,1-3H3;6-7,9-11,16H,3-5,8,12H2,1-2H3;3-4,9-11,14H,5-8,12H2,1-2H3;4-8H,9H2,1-3H3;3-7H,8H2,1-2H3,(H,19,20)/t16-;;;;/m1..../s1. The van der Waals surface area contributed by atoms with Crippen LogP contribution in [-0.2, 0) is 56.5 Å². The molecule has 33 heteroatoms. The molecule has 3 fully saturated rings. The number of carboxylic acid groups (broad SMARTS) is 1. The number of methoxy groups -OCH3 is 6. The molecular formula is C93H97N11O16S6. The zero-order chi connectivity index (χ0) is 89.0. The van der Waals surface area contributed by atoms with Crippen molar-refractivity contribution in [2.75, 3.05) is 87.6 Å². The number of pyridine rings is 5. The number of esters is 1. The van der Waals surface area contributed by atoms with Gasteiger partial charge in [-0.1, -0.05) is 0 Å². The van der Waals surface area contributed by atoms with Crippen molar-refractivity contribution in [3.05, 3.63) is 233 Å². The molecule has 0 aromatic carbocycles. The van der Waals surface area contributed by atoms with Crippen molar-refractivity contribution in [3.8, 4) is 29.4 Å². The smallest absolute Gasteiger partial charge is 0.325 e. The van der Waals surface area contributed by atoms with Gasteiger partial charge in [0, 0.05) is 177 Å². The van der Waals surface area contributed by atoms with Crippen LogP contribution in [0.15, 0.2) is 152 Å². The van der Waals surface area contributed by atoms with Gasteiger partial charge in [-0.2, -0.15) is 11.8 Å². The highest BCUT2D eigenvalue weighted by Crippen LogP contribution is 2.38. The van der Waals surface area contributed by atoms with Gasteiger partial charge >= 0.3 is 11.9 Å². The van der Waals surface area contributed by atoms with Crippen LogP contribution in [0.25, 0.3) is 51.1 Å². The molecule has 15 aromatic heterocycles. The number of aryl methyl sites for hydroxylation is 5. The van der Waals surface area contributed by atoms with E-state index in [1.54, 1.807) is 145 Å². The van der Waals surface area contributed by atoms with Crippen LogP contribution in [-0.4, -0.2) is 198 Å². The zero-order valence-electron chi connectivity index (χ0n) is 71.9. The Morgan fingerprint density at radius 2 is 0.730 bits per heavy atom. The van der Waals surface area contributed by atoms with Gasteiger partial charge in [-0.25, -0.2) is 24.9 Å². The second kappa shape index (κ2) is 41.3. The summed E-state index contributed by atoms with van der Waals surface area (Å²) in [7, 11) is 11.2. The van der Waals surface area contributed by atoms with E-state index in [0.717, 1.165) is 132 Å². The molecule has 18 rings (SSSR count). The van der Waals surface area contributed by atoms with Crippen molar-refractivity contribution in [1.29, 1.82) is 0 Å². The van der Waals surface area contributed by atoms with Gasteiger partial charge in [-0.3, -0.25) is 38.5 Å². The molecule has 1 unspecified atom stereocenters. The topological polar surface area (TPSA) is 306 Å². The van der Waals surface area contributed by atoms with Crippen LogP contribution in [0, 0.1) is 40.5 Å². The monoisotopic (exact) mass is 1820 g/mol. The van der Waals surface area contributed by atoms with E-state index in [1.165, 1.54) is 114 Å². The van der Waals surface area contributed by atoms with Crippen LogP contribution in [0.1, 0.15) is 137 Å². The lowest BCUT2D eigenvalue weighted by Crippen LogP contribution is -2.45. The number of hydrogen-bond donors (Lipinski definition) is 1. The van der Waals surface area contributed by atoms with Gasteiger partial charge in [0.2, 0.25) is 58.3 Å². The lowest BCUT2D eigenvalue weighted by atomic mass is 10.0. The molecule has 0 spiro atoms. The first-order valence-corrected chi connectivity index (χ1v) is 46.1. The van der Waals surface area contributed by atoms with Crippen molar-refractivity contribution in [1.82, 2.24) is 52.7 Å². The summed E-state index contributed by atoms with van der Waals surface area (Å²) in [5.41, 5.74) is 8.23. The highest BCUT2D eigenvalue weighted by molar-refractivity contribution is 7.99. The Bertz CT molecular complexity index is 6240. The molecule has 0 aliphatic carbocycles. The van der Waals surface area contributed by atoms with Gasteiger partial charge in [-0.05, 0) is 182 Å². The minimum atomic E-state index is -0.911. The van der Waals surface area contributed by atoms with Crippen LogP contribution in [0.2, 0.25) is 0 Å². The predicted molar refractivity (Wildman–Crippen MR) is 494 cm³/mol. The summed E-state index contributed by atoms with van der Waals surface area (Å²) in [6, 6.07) is 37.4. The third-order valence-electron chi connectivity index (χ3n) is 22.2. The van der Waals surface area contributed by atoms with Crippen molar-refractivity contribution in [2.24, 2.45) is 5.92 Å². The number of aromatic nitrogens is 10. The van der Waals surface area contributed by atoms with Crippen molar-refractivity contribution < 1.29 is 76.6 Å². The van der Waals surface area contributed by atoms with Crippen molar-refractivity contribution in [2.45, 2.75) is 112 Å². The third-order valence-corrected chi connectivity index (χ3v) is 29.1. The molecule has 0 amide bonds. The first-order valence-electron chi connectivity index (χ1n) is 40.9. The average Bonchev–Trinajstić information content (AvgIpc) is 1.63. The molecular weight excluding hydrogens is 1720 g/mol. The number of hydrogen-bond acceptors (Lipinski definition) is 27. The van der Waals surface area contributed by atoms with Crippen LogP contribution in [0.4, 0.5) is 0 Å². The van der Waals surface area contributed by atoms with E-state index in [4.69, 9.17) is 43.0 Å². The van der Waals surface area contributed by atoms with E-state index in [1.807, 2.05) is 54.8 Å². The van der Waals surface area contributed by atoms with Gasteiger partial charge < -0.3 is 65.8 Å². The number of fused-ring (bicyclic) bond motifs is 5. The molecule has 18 heterocycles. The van der Waals surface area contributed by atoms with E-state index < -0.39 is 5.97 Å². The Balaban J connectivity index is 0.000000128. The van der Waals surface area contributed by atoms with E-state index in [9.17, 15) is 33.6 Å². The number of carbonyl (C=O) groups excluding carboxylic acids is 6. The number of thioether (sulfide) groups is 1. The maximum Gasteiger partial charge on any atom is 0.325 e. The number of likely N-dealkylation sites (N-methyl/N-ethyl adjacent to an activating group) is 1. The minimum Gasteiger partial charge on any atom is -0.481 e. The molecule has 1 N–H and O–H groups in total. The molecule has 0 saturated carbocycles. The molecule has 656 valence electrons. The Morgan fingerprint density at radius 1 is 0.405 bits per heavy atom. The summed E-state index contributed by atoms with van der Waals surface area (Å²) in [6.07, 6.45) is 14.0. The normalized spacial score (nSPS) is 14.7. The number of nitrogens with zero attached hydrogens (tertiary/aromatic N) is 11. The number of carboxylic acids is 1. The molecule has 0 radical (unpaired) electrons.